The van der Waals surface area contributed by atoms with Gasteiger partial charge in [0.2, 0.25) is 0 Å². The molecule has 1 aliphatic heterocycles. The van der Waals surface area contributed by atoms with Gasteiger partial charge in [-0.15, -0.1) is 0 Å². The predicted molar refractivity (Wildman–Crippen MR) is 90.3 cm³/mol. The average Bonchev–Trinajstić information content (AvgIpc) is 2.51. The summed E-state index contributed by atoms with van der Waals surface area (Å²) in [6, 6.07) is 15.7. The minimum Gasteiger partial charge on any atom is -0.323 e. The molecule has 0 spiro atoms. The van der Waals surface area contributed by atoms with Crippen molar-refractivity contribution in [3.63, 3.8) is 0 Å². The van der Waals surface area contributed by atoms with Crippen LogP contribution in [0.15, 0.2) is 42.5 Å². The smallest absolute Gasteiger partial charge is 0.0430 e. The van der Waals surface area contributed by atoms with Crippen molar-refractivity contribution in [1.82, 2.24) is 4.90 Å². The minimum absolute atomic E-state index is 0.0869. The standard InChI is InChI=1S/C19H26N2/c1-14-7-6-12-21(15(14)2)13-19(20)18-11-5-9-16-8-3-4-10-17(16)18/h3-5,8-11,14-15,19H,6-7,12-13,20H2,1-2H3. The second-order valence-electron chi connectivity index (χ2n) is 6.53. The largest absolute Gasteiger partial charge is 0.323 e. The zero-order chi connectivity index (χ0) is 14.8. The number of nitrogens with zero attached hydrogens (tertiary/aromatic N) is 1. The molecule has 1 heterocycles. The van der Waals surface area contributed by atoms with Gasteiger partial charge in [-0.3, -0.25) is 4.90 Å². The van der Waals surface area contributed by atoms with E-state index in [1.807, 2.05) is 0 Å². The zero-order valence-corrected chi connectivity index (χ0v) is 13.1. The van der Waals surface area contributed by atoms with E-state index in [1.54, 1.807) is 0 Å². The molecular weight excluding hydrogens is 256 g/mol. The third-order valence-corrected chi connectivity index (χ3v) is 5.16. The van der Waals surface area contributed by atoms with Crippen LogP contribution >= 0.6 is 0 Å². The third-order valence-electron chi connectivity index (χ3n) is 5.16. The Kier molecular flexibility index (Phi) is 4.27. The summed E-state index contributed by atoms with van der Waals surface area (Å²) in [6.45, 7) is 6.85. The number of piperidine rings is 1. The number of nitrogens with two attached hydrogens (primary N) is 1. The molecule has 2 aromatic carbocycles. The Morgan fingerprint density at radius 2 is 1.90 bits per heavy atom. The third kappa shape index (κ3) is 2.97. The van der Waals surface area contributed by atoms with E-state index in [-0.39, 0.29) is 6.04 Å². The fraction of sp³-hybridized carbons (Fsp3) is 0.474. The van der Waals surface area contributed by atoms with Crippen LogP contribution in [0.4, 0.5) is 0 Å². The molecule has 0 aliphatic carbocycles. The Morgan fingerprint density at radius 1 is 1.14 bits per heavy atom. The predicted octanol–water partition coefficient (Wildman–Crippen LogP) is 3.96. The van der Waals surface area contributed by atoms with Gasteiger partial charge in [-0.05, 0) is 48.6 Å². The summed E-state index contributed by atoms with van der Waals surface area (Å²) in [6.07, 6.45) is 2.65. The summed E-state index contributed by atoms with van der Waals surface area (Å²) >= 11 is 0. The number of likely N-dealkylation sites (tertiary alicyclic amines) is 1. The second kappa shape index (κ2) is 6.17. The Labute approximate surface area is 127 Å². The van der Waals surface area contributed by atoms with Crippen molar-refractivity contribution in [1.29, 1.82) is 0 Å². The highest BCUT2D eigenvalue weighted by Crippen LogP contribution is 2.27. The molecule has 1 fully saturated rings. The van der Waals surface area contributed by atoms with Gasteiger partial charge in [0.05, 0.1) is 0 Å². The van der Waals surface area contributed by atoms with Crippen LogP contribution in [0, 0.1) is 5.92 Å². The topological polar surface area (TPSA) is 29.3 Å². The van der Waals surface area contributed by atoms with E-state index in [2.05, 4.69) is 61.2 Å². The monoisotopic (exact) mass is 282 g/mol. The first kappa shape index (κ1) is 14.6. The zero-order valence-electron chi connectivity index (χ0n) is 13.1. The molecule has 3 unspecified atom stereocenters. The maximum atomic E-state index is 6.56. The molecule has 0 amide bonds. The normalized spacial score (nSPS) is 25.1. The lowest BCUT2D eigenvalue weighted by Gasteiger charge is -2.39. The maximum Gasteiger partial charge on any atom is 0.0430 e. The van der Waals surface area contributed by atoms with E-state index < -0.39 is 0 Å². The van der Waals surface area contributed by atoms with Gasteiger partial charge in [0.15, 0.2) is 0 Å². The fourth-order valence-corrected chi connectivity index (χ4v) is 3.60. The van der Waals surface area contributed by atoms with Crippen LogP contribution in [0.3, 0.4) is 0 Å². The molecule has 2 nitrogen and oxygen atoms in total. The van der Waals surface area contributed by atoms with Crippen molar-refractivity contribution in [3.8, 4) is 0 Å². The molecule has 21 heavy (non-hydrogen) atoms. The molecule has 0 radical (unpaired) electrons. The number of hydrogen-bond acceptors (Lipinski definition) is 2. The van der Waals surface area contributed by atoms with Crippen LogP contribution in [-0.2, 0) is 0 Å². The highest BCUT2D eigenvalue weighted by atomic mass is 15.2. The Hall–Kier alpha value is -1.38. The number of rotatable bonds is 3. The first-order valence-corrected chi connectivity index (χ1v) is 8.14. The van der Waals surface area contributed by atoms with Crippen molar-refractivity contribution in [2.24, 2.45) is 11.7 Å². The van der Waals surface area contributed by atoms with Gasteiger partial charge in [0.1, 0.15) is 0 Å². The molecular formula is C19H26N2. The van der Waals surface area contributed by atoms with E-state index in [0.29, 0.717) is 6.04 Å². The van der Waals surface area contributed by atoms with Gasteiger partial charge >= 0.3 is 0 Å². The number of hydrogen-bond donors (Lipinski definition) is 1. The van der Waals surface area contributed by atoms with Crippen molar-refractivity contribution in [2.75, 3.05) is 13.1 Å². The molecule has 2 N–H and O–H groups in total. The molecule has 1 saturated heterocycles. The fourth-order valence-electron chi connectivity index (χ4n) is 3.60. The van der Waals surface area contributed by atoms with E-state index in [1.165, 1.54) is 35.7 Å². The molecule has 1 aliphatic rings. The quantitative estimate of drug-likeness (QED) is 0.923. The van der Waals surface area contributed by atoms with Crippen LogP contribution in [0.5, 0.6) is 0 Å². The summed E-state index contributed by atoms with van der Waals surface area (Å²) in [7, 11) is 0. The maximum absolute atomic E-state index is 6.56. The van der Waals surface area contributed by atoms with Gasteiger partial charge in [0.25, 0.3) is 0 Å². The van der Waals surface area contributed by atoms with Crippen molar-refractivity contribution in [2.45, 2.75) is 38.8 Å². The molecule has 0 saturated carbocycles. The van der Waals surface area contributed by atoms with Gasteiger partial charge in [-0.25, -0.2) is 0 Å². The highest BCUT2D eigenvalue weighted by Gasteiger charge is 2.26. The van der Waals surface area contributed by atoms with Gasteiger partial charge in [-0.2, -0.15) is 0 Å². The van der Waals surface area contributed by atoms with Crippen molar-refractivity contribution >= 4 is 10.8 Å². The lowest BCUT2D eigenvalue weighted by Crippen LogP contribution is -2.45. The van der Waals surface area contributed by atoms with Crippen molar-refractivity contribution in [3.05, 3.63) is 48.0 Å². The summed E-state index contributed by atoms with van der Waals surface area (Å²) in [5.74, 6) is 0.776. The molecule has 112 valence electrons. The second-order valence-corrected chi connectivity index (χ2v) is 6.53. The van der Waals surface area contributed by atoms with E-state index in [0.717, 1.165) is 12.5 Å². The Bertz CT molecular complexity index is 602. The number of fused-ring (bicyclic) bond motifs is 1. The van der Waals surface area contributed by atoms with E-state index in [9.17, 15) is 0 Å². The first-order valence-electron chi connectivity index (χ1n) is 8.14. The average molecular weight is 282 g/mol. The molecule has 2 aromatic rings. The van der Waals surface area contributed by atoms with E-state index >= 15 is 0 Å². The molecule has 2 heteroatoms. The number of benzene rings is 2. The van der Waals surface area contributed by atoms with Gasteiger partial charge in [-0.1, -0.05) is 49.4 Å². The van der Waals surface area contributed by atoms with Gasteiger partial charge < -0.3 is 5.73 Å². The minimum atomic E-state index is 0.0869. The Morgan fingerprint density at radius 3 is 2.76 bits per heavy atom. The Balaban J connectivity index is 1.82. The lowest BCUT2D eigenvalue weighted by atomic mass is 9.91. The summed E-state index contributed by atoms with van der Waals surface area (Å²) < 4.78 is 0. The van der Waals surface area contributed by atoms with Gasteiger partial charge in [0, 0.05) is 18.6 Å². The summed E-state index contributed by atoms with van der Waals surface area (Å²) in [5, 5.41) is 2.58. The van der Waals surface area contributed by atoms with Crippen LogP contribution < -0.4 is 5.73 Å². The summed E-state index contributed by atoms with van der Waals surface area (Å²) in [4.78, 5) is 2.57. The van der Waals surface area contributed by atoms with E-state index in [4.69, 9.17) is 5.73 Å². The van der Waals surface area contributed by atoms with Crippen LogP contribution in [0.2, 0.25) is 0 Å². The molecule has 3 rings (SSSR count). The van der Waals surface area contributed by atoms with Crippen LogP contribution in [0.1, 0.15) is 38.3 Å². The molecule has 0 bridgehead atoms. The van der Waals surface area contributed by atoms with Crippen LogP contribution in [0.25, 0.3) is 10.8 Å². The molecule has 0 aromatic heterocycles. The lowest BCUT2D eigenvalue weighted by molar-refractivity contribution is 0.107. The van der Waals surface area contributed by atoms with Crippen molar-refractivity contribution < 1.29 is 0 Å². The highest BCUT2D eigenvalue weighted by molar-refractivity contribution is 5.86. The van der Waals surface area contributed by atoms with Crippen LogP contribution in [-0.4, -0.2) is 24.0 Å². The summed E-state index contributed by atoms with van der Waals surface area (Å²) in [5.41, 5.74) is 7.83. The molecule has 3 atom stereocenters. The SMILES string of the molecule is CC1CCCN(CC(N)c2cccc3ccccc23)C1C. The first-order chi connectivity index (χ1) is 10.2.